The van der Waals surface area contributed by atoms with Crippen molar-refractivity contribution in [2.45, 2.75) is 13.0 Å². The molecule has 0 unspecified atom stereocenters. The number of fused-ring (bicyclic) bond motifs is 2. The maximum Gasteiger partial charge on any atom is 0.247 e. The second kappa shape index (κ2) is 8.51. The fourth-order valence-corrected chi connectivity index (χ4v) is 4.99. The number of carbonyl (C=O) groups is 3. The van der Waals surface area contributed by atoms with E-state index in [4.69, 9.17) is 0 Å². The lowest BCUT2D eigenvalue weighted by Gasteiger charge is -2.32. The highest BCUT2D eigenvalue weighted by atomic mass is 16.3. The molecule has 3 N–H and O–H groups in total. The smallest absolute Gasteiger partial charge is 0.247 e. The molecular weight excluding hydrogens is 394 g/mol. The van der Waals surface area contributed by atoms with Crippen LogP contribution in [0.1, 0.15) is 6.92 Å². The third kappa shape index (κ3) is 3.70. The van der Waals surface area contributed by atoms with E-state index in [0.29, 0.717) is 5.69 Å². The van der Waals surface area contributed by atoms with Crippen molar-refractivity contribution in [1.29, 1.82) is 0 Å². The summed E-state index contributed by atoms with van der Waals surface area (Å²) in [5.41, 5.74) is 0.638. The summed E-state index contributed by atoms with van der Waals surface area (Å²) >= 11 is 0. The molecule has 4 rings (SSSR count). The first-order valence-electron chi connectivity index (χ1n) is 10.6. The standard InChI is InChI=1S/C24H27N3O4/c1-14-7-10-18-20(19(14)22(29)25-2)24(31)27(11-12-28)21(18)23(30)26-17-9-8-15-5-3-4-6-16(15)13-17/h3-10,13-14,18-21,28H,11-12H2,1-2H3,(H,25,29)(H,26,30)/t14-,18+,19-,20-,21+/m1/s1. The van der Waals surface area contributed by atoms with E-state index in [9.17, 15) is 19.5 Å². The summed E-state index contributed by atoms with van der Waals surface area (Å²) < 4.78 is 0. The molecule has 1 heterocycles. The number of aliphatic hydroxyl groups is 1. The second-order valence-electron chi connectivity index (χ2n) is 8.24. The maximum absolute atomic E-state index is 13.3. The van der Waals surface area contributed by atoms with Crippen molar-refractivity contribution >= 4 is 34.2 Å². The molecule has 7 nitrogen and oxygen atoms in total. The fourth-order valence-electron chi connectivity index (χ4n) is 4.99. The number of anilines is 1. The summed E-state index contributed by atoms with van der Waals surface area (Å²) in [4.78, 5) is 40.6. The minimum absolute atomic E-state index is 0.0460. The lowest BCUT2D eigenvalue weighted by atomic mass is 9.70. The van der Waals surface area contributed by atoms with Crippen LogP contribution in [0.15, 0.2) is 54.6 Å². The lowest BCUT2D eigenvalue weighted by molar-refractivity contribution is -0.140. The first-order valence-corrected chi connectivity index (χ1v) is 10.6. The number of carbonyl (C=O) groups excluding carboxylic acids is 3. The van der Waals surface area contributed by atoms with Gasteiger partial charge < -0.3 is 20.6 Å². The fraction of sp³-hybridized carbons (Fsp3) is 0.375. The Bertz CT molecular complexity index is 1050. The van der Waals surface area contributed by atoms with Gasteiger partial charge in [0.2, 0.25) is 17.7 Å². The SMILES string of the molecule is CNC(=O)[C@H]1[C@@H]2C(=O)N(CCO)[C@H](C(=O)Nc3ccc4ccccc4c3)[C@H]2C=C[C@H]1C. The minimum atomic E-state index is -0.785. The van der Waals surface area contributed by atoms with Gasteiger partial charge in [-0.15, -0.1) is 0 Å². The van der Waals surface area contributed by atoms with Gasteiger partial charge in [-0.2, -0.15) is 0 Å². The van der Waals surface area contributed by atoms with Crippen LogP contribution in [0.25, 0.3) is 10.8 Å². The molecule has 1 saturated heterocycles. The maximum atomic E-state index is 13.3. The molecule has 1 aliphatic heterocycles. The van der Waals surface area contributed by atoms with Crippen molar-refractivity contribution in [3.63, 3.8) is 0 Å². The Kier molecular flexibility index (Phi) is 5.78. The van der Waals surface area contributed by atoms with E-state index in [-0.39, 0.29) is 36.8 Å². The van der Waals surface area contributed by atoms with Crippen LogP contribution in [0, 0.1) is 23.7 Å². The number of β-amino-alcohol motifs (C(OH)–C–C–N with tert-alkyl or cyclic N) is 1. The number of amides is 3. The summed E-state index contributed by atoms with van der Waals surface area (Å²) in [5.74, 6) is -2.52. The Morgan fingerprint density at radius 3 is 2.52 bits per heavy atom. The summed E-state index contributed by atoms with van der Waals surface area (Å²) in [5, 5.41) is 17.2. The predicted molar refractivity (Wildman–Crippen MR) is 118 cm³/mol. The average molecular weight is 421 g/mol. The Morgan fingerprint density at radius 1 is 1.06 bits per heavy atom. The first-order chi connectivity index (χ1) is 15.0. The zero-order valence-corrected chi connectivity index (χ0v) is 17.6. The molecule has 1 aliphatic carbocycles. The number of rotatable bonds is 5. The topological polar surface area (TPSA) is 98.7 Å². The van der Waals surface area contributed by atoms with E-state index >= 15 is 0 Å². The number of aliphatic hydroxyl groups excluding tert-OH is 1. The molecule has 5 atom stereocenters. The summed E-state index contributed by atoms with van der Waals surface area (Å²) in [6.07, 6.45) is 3.79. The van der Waals surface area contributed by atoms with Crippen LogP contribution in [-0.4, -0.2) is 54.0 Å². The van der Waals surface area contributed by atoms with Crippen LogP contribution < -0.4 is 10.6 Å². The van der Waals surface area contributed by atoms with Crippen LogP contribution in [0.3, 0.4) is 0 Å². The normalized spacial score (nSPS) is 27.3. The van der Waals surface area contributed by atoms with Crippen LogP contribution in [-0.2, 0) is 14.4 Å². The van der Waals surface area contributed by atoms with E-state index < -0.39 is 23.8 Å². The van der Waals surface area contributed by atoms with Gasteiger partial charge in [0, 0.05) is 25.2 Å². The highest BCUT2D eigenvalue weighted by Gasteiger charge is 2.56. The molecule has 3 amide bonds. The van der Waals surface area contributed by atoms with Gasteiger partial charge >= 0.3 is 0 Å². The monoisotopic (exact) mass is 421 g/mol. The van der Waals surface area contributed by atoms with E-state index in [2.05, 4.69) is 10.6 Å². The average Bonchev–Trinajstić information content (AvgIpc) is 3.05. The van der Waals surface area contributed by atoms with Crippen molar-refractivity contribution in [3.8, 4) is 0 Å². The van der Waals surface area contributed by atoms with Gasteiger partial charge in [0.05, 0.1) is 18.4 Å². The number of hydrogen-bond acceptors (Lipinski definition) is 4. The van der Waals surface area contributed by atoms with Gasteiger partial charge in [0.1, 0.15) is 6.04 Å². The number of hydrogen-bond donors (Lipinski definition) is 3. The van der Waals surface area contributed by atoms with Crippen molar-refractivity contribution in [2.24, 2.45) is 23.7 Å². The zero-order valence-electron chi connectivity index (χ0n) is 17.6. The number of allylic oxidation sites excluding steroid dienone is 1. The molecule has 7 heteroatoms. The minimum Gasteiger partial charge on any atom is -0.395 e. The van der Waals surface area contributed by atoms with Crippen LogP contribution in [0.4, 0.5) is 5.69 Å². The van der Waals surface area contributed by atoms with Gasteiger partial charge in [-0.1, -0.05) is 49.4 Å². The molecule has 0 aromatic heterocycles. The van der Waals surface area contributed by atoms with Gasteiger partial charge in [-0.05, 0) is 28.8 Å². The van der Waals surface area contributed by atoms with Gasteiger partial charge in [0.25, 0.3) is 0 Å². The molecular formula is C24H27N3O4. The van der Waals surface area contributed by atoms with Crippen molar-refractivity contribution in [1.82, 2.24) is 10.2 Å². The Hall–Kier alpha value is -3.19. The van der Waals surface area contributed by atoms with Crippen molar-refractivity contribution < 1.29 is 19.5 Å². The number of benzene rings is 2. The number of nitrogens with zero attached hydrogens (tertiary/aromatic N) is 1. The second-order valence-corrected chi connectivity index (χ2v) is 8.24. The number of likely N-dealkylation sites (tertiary alicyclic amines) is 1. The Labute approximate surface area is 181 Å². The molecule has 0 spiro atoms. The predicted octanol–water partition coefficient (Wildman–Crippen LogP) is 1.78. The highest BCUT2D eigenvalue weighted by Crippen LogP contribution is 2.44. The molecule has 0 bridgehead atoms. The van der Waals surface area contributed by atoms with E-state index in [1.54, 1.807) is 7.05 Å². The molecule has 1 fully saturated rings. The Balaban J connectivity index is 1.66. The molecule has 2 aromatic carbocycles. The van der Waals surface area contributed by atoms with Crippen LogP contribution >= 0.6 is 0 Å². The van der Waals surface area contributed by atoms with Crippen molar-refractivity contribution in [2.75, 3.05) is 25.5 Å². The van der Waals surface area contributed by atoms with E-state index in [1.165, 1.54) is 4.90 Å². The van der Waals surface area contributed by atoms with Gasteiger partial charge in [0.15, 0.2) is 0 Å². The molecule has 2 aromatic rings. The quantitative estimate of drug-likeness (QED) is 0.641. The van der Waals surface area contributed by atoms with Gasteiger partial charge in [-0.3, -0.25) is 14.4 Å². The first kappa shape index (κ1) is 21.1. The molecule has 31 heavy (non-hydrogen) atoms. The summed E-state index contributed by atoms with van der Waals surface area (Å²) in [6.45, 7) is 1.69. The zero-order chi connectivity index (χ0) is 22.1. The van der Waals surface area contributed by atoms with E-state index in [0.717, 1.165) is 10.8 Å². The third-order valence-electron chi connectivity index (χ3n) is 6.45. The molecule has 0 saturated carbocycles. The summed E-state index contributed by atoms with van der Waals surface area (Å²) in [6, 6.07) is 12.7. The largest absolute Gasteiger partial charge is 0.395 e. The van der Waals surface area contributed by atoms with Crippen molar-refractivity contribution in [3.05, 3.63) is 54.6 Å². The molecule has 162 valence electrons. The van der Waals surface area contributed by atoms with Crippen LogP contribution in [0.2, 0.25) is 0 Å². The highest BCUT2D eigenvalue weighted by molar-refractivity contribution is 6.02. The van der Waals surface area contributed by atoms with Gasteiger partial charge in [-0.25, -0.2) is 0 Å². The molecule has 0 radical (unpaired) electrons. The lowest BCUT2D eigenvalue weighted by Crippen LogP contribution is -2.45. The van der Waals surface area contributed by atoms with Crippen LogP contribution in [0.5, 0.6) is 0 Å². The summed E-state index contributed by atoms with van der Waals surface area (Å²) in [7, 11) is 1.55. The molecule has 2 aliphatic rings. The number of nitrogens with one attached hydrogen (secondary N) is 2. The van der Waals surface area contributed by atoms with E-state index in [1.807, 2.05) is 61.5 Å². The third-order valence-corrected chi connectivity index (χ3v) is 6.45. The Morgan fingerprint density at radius 2 is 1.81 bits per heavy atom.